The van der Waals surface area contributed by atoms with Crippen LogP contribution in [0.5, 0.6) is 5.75 Å². The van der Waals surface area contributed by atoms with Crippen LogP contribution in [0.2, 0.25) is 0 Å². The number of aromatic nitrogens is 1. The van der Waals surface area contributed by atoms with Crippen molar-refractivity contribution in [2.75, 3.05) is 0 Å². The zero-order chi connectivity index (χ0) is 18.5. The standard InChI is InChI=1S/C23H21NO2/c1-3-21-19(23(26)20-11-7-8-12-22(20)24(21)2)10-6-4-5-9-17-13-15-18(25)16-14-17/h3-16,25H,1-2H3/b6-4+,9-5+,19-10+,21-3+. The lowest BCUT2D eigenvalue weighted by Crippen LogP contribution is -2.44. The second-order valence-electron chi connectivity index (χ2n) is 6.00. The third-order valence-corrected chi connectivity index (χ3v) is 4.33. The number of rotatable bonds is 3. The number of para-hydroxylation sites is 1. The van der Waals surface area contributed by atoms with E-state index in [1.807, 2.05) is 91.4 Å². The molecule has 0 spiro atoms. The van der Waals surface area contributed by atoms with Gasteiger partial charge in [-0.15, -0.1) is 0 Å². The van der Waals surface area contributed by atoms with Gasteiger partial charge < -0.3 is 9.67 Å². The average molecular weight is 343 g/mol. The number of hydrogen-bond donors (Lipinski definition) is 1. The van der Waals surface area contributed by atoms with E-state index in [-0.39, 0.29) is 11.2 Å². The Morgan fingerprint density at radius 1 is 0.962 bits per heavy atom. The molecule has 2 aromatic carbocycles. The van der Waals surface area contributed by atoms with Gasteiger partial charge in [0.05, 0.1) is 5.52 Å². The molecule has 0 atom stereocenters. The summed E-state index contributed by atoms with van der Waals surface area (Å²) in [7, 11) is 1.98. The molecule has 1 aromatic heterocycles. The number of hydrogen-bond acceptors (Lipinski definition) is 2. The predicted molar refractivity (Wildman–Crippen MR) is 109 cm³/mol. The van der Waals surface area contributed by atoms with Gasteiger partial charge in [0, 0.05) is 23.0 Å². The first kappa shape index (κ1) is 17.5. The molecule has 0 bridgehead atoms. The third-order valence-electron chi connectivity index (χ3n) is 4.33. The van der Waals surface area contributed by atoms with Gasteiger partial charge >= 0.3 is 0 Å². The molecule has 3 aromatic rings. The van der Waals surface area contributed by atoms with Gasteiger partial charge in [0.1, 0.15) is 5.75 Å². The lowest BCUT2D eigenvalue weighted by molar-refractivity contribution is 0.475. The van der Waals surface area contributed by atoms with Crippen LogP contribution in [0.4, 0.5) is 0 Å². The van der Waals surface area contributed by atoms with E-state index in [2.05, 4.69) is 0 Å². The molecule has 1 heterocycles. The van der Waals surface area contributed by atoms with Gasteiger partial charge in [0.2, 0.25) is 0 Å². The van der Waals surface area contributed by atoms with Crippen LogP contribution in [0.25, 0.3) is 29.1 Å². The van der Waals surface area contributed by atoms with Crippen LogP contribution in [0.15, 0.2) is 71.6 Å². The van der Waals surface area contributed by atoms with E-state index in [1.54, 1.807) is 12.1 Å². The molecule has 0 fully saturated rings. The maximum Gasteiger partial charge on any atom is 0.197 e. The molecule has 3 heteroatoms. The van der Waals surface area contributed by atoms with Crippen molar-refractivity contribution in [2.45, 2.75) is 6.92 Å². The largest absolute Gasteiger partial charge is 0.508 e. The fourth-order valence-corrected chi connectivity index (χ4v) is 3.01. The van der Waals surface area contributed by atoms with Gasteiger partial charge in [-0.1, -0.05) is 54.6 Å². The van der Waals surface area contributed by atoms with E-state index in [0.717, 1.165) is 21.8 Å². The molecule has 0 aliphatic rings. The Balaban J connectivity index is 2.01. The van der Waals surface area contributed by atoms with Crippen molar-refractivity contribution in [3.05, 3.63) is 93.1 Å². The molecular formula is C23H21NO2. The number of aryl methyl sites for hydroxylation is 1. The number of phenolic OH excluding ortho intramolecular Hbond substituents is 1. The van der Waals surface area contributed by atoms with Crippen molar-refractivity contribution < 1.29 is 5.11 Å². The van der Waals surface area contributed by atoms with Crippen LogP contribution in [0.1, 0.15) is 12.5 Å². The Hall–Kier alpha value is -3.33. The van der Waals surface area contributed by atoms with Crippen LogP contribution in [0, 0.1) is 0 Å². The molecule has 130 valence electrons. The first-order valence-electron chi connectivity index (χ1n) is 8.50. The smallest absolute Gasteiger partial charge is 0.197 e. The van der Waals surface area contributed by atoms with Crippen molar-refractivity contribution in [3.8, 4) is 5.75 Å². The molecule has 0 saturated carbocycles. The number of pyridine rings is 1. The number of fused-ring (bicyclic) bond motifs is 1. The van der Waals surface area contributed by atoms with Crippen LogP contribution in [-0.4, -0.2) is 9.67 Å². The Morgan fingerprint density at radius 2 is 1.69 bits per heavy atom. The zero-order valence-corrected chi connectivity index (χ0v) is 14.9. The Labute approximate surface area is 152 Å². The molecule has 3 rings (SSSR count). The van der Waals surface area contributed by atoms with Gasteiger partial charge in [-0.2, -0.15) is 0 Å². The molecule has 0 amide bonds. The Kier molecular flexibility index (Phi) is 5.18. The van der Waals surface area contributed by atoms with E-state index in [4.69, 9.17) is 0 Å². The highest BCUT2D eigenvalue weighted by atomic mass is 16.3. The SMILES string of the molecule is C\C=c1/c(=C\C=C\C=C\c2ccc(O)cc2)c(=O)c2ccccc2n1C. The van der Waals surface area contributed by atoms with Gasteiger partial charge in [0.15, 0.2) is 5.43 Å². The molecule has 0 saturated heterocycles. The van der Waals surface area contributed by atoms with Gasteiger partial charge in [-0.05, 0) is 42.8 Å². The maximum atomic E-state index is 12.8. The summed E-state index contributed by atoms with van der Waals surface area (Å²) in [5.74, 6) is 0.251. The monoisotopic (exact) mass is 343 g/mol. The first-order chi connectivity index (χ1) is 12.6. The van der Waals surface area contributed by atoms with Crippen LogP contribution in [-0.2, 0) is 7.05 Å². The fraction of sp³-hybridized carbons (Fsp3) is 0.0870. The number of aromatic hydroxyl groups is 1. The van der Waals surface area contributed by atoms with E-state index < -0.39 is 0 Å². The lowest BCUT2D eigenvalue weighted by Gasteiger charge is -2.07. The third kappa shape index (κ3) is 3.52. The highest BCUT2D eigenvalue weighted by Crippen LogP contribution is 2.10. The zero-order valence-electron chi connectivity index (χ0n) is 14.9. The average Bonchev–Trinajstić information content (AvgIpc) is 2.67. The number of allylic oxidation sites excluding steroid dienone is 3. The number of benzene rings is 2. The van der Waals surface area contributed by atoms with Gasteiger partial charge in [-0.3, -0.25) is 4.79 Å². The topological polar surface area (TPSA) is 42.2 Å². The number of nitrogens with zero attached hydrogens (tertiary/aromatic N) is 1. The minimum atomic E-state index is 0.0407. The molecule has 3 nitrogen and oxygen atoms in total. The quantitative estimate of drug-likeness (QED) is 0.743. The van der Waals surface area contributed by atoms with E-state index >= 15 is 0 Å². The fourth-order valence-electron chi connectivity index (χ4n) is 3.01. The predicted octanol–water partition coefficient (Wildman–Crippen LogP) is 3.09. The van der Waals surface area contributed by atoms with Crippen LogP contribution < -0.4 is 16.0 Å². The minimum absolute atomic E-state index is 0.0407. The summed E-state index contributed by atoms with van der Waals surface area (Å²) in [4.78, 5) is 12.8. The summed E-state index contributed by atoms with van der Waals surface area (Å²) in [5.41, 5.74) is 1.97. The van der Waals surface area contributed by atoms with Gasteiger partial charge in [-0.25, -0.2) is 0 Å². The minimum Gasteiger partial charge on any atom is -0.508 e. The maximum absolute atomic E-state index is 12.8. The highest BCUT2D eigenvalue weighted by molar-refractivity contribution is 5.79. The Morgan fingerprint density at radius 3 is 2.42 bits per heavy atom. The Bertz CT molecular complexity index is 1160. The summed E-state index contributed by atoms with van der Waals surface area (Å²) >= 11 is 0. The molecule has 0 aliphatic carbocycles. The molecule has 1 N–H and O–H groups in total. The molecule has 0 radical (unpaired) electrons. The van der Waals surface area contributed by atoms with Crippen molar-refractivity contribution >= 4 is 29.1 Å². The molecule has 0 unspecified atom stereocenters. The lowest BCUT2D eigenvalue weighted by atomic mass is 10.1. The van der Waals surface area contributed by atoms with Crippen LogP contribution >= 0.6 is 0 Å². The van der Waals surface area contributed by atoms with E-state index in [1.165, 1.54) is 0 Å². The number of phenols is 1. The normalized spacial score (nSPS) is 13.5. The second-order valence-corrected chi connectivity index (χ2v) is 6.00. The summed E-state index contributed by atoms with van der Waals surface area (Å²) in [6, 6.07) is 14.6. The molecular weight excluding hydrogens is 322 g/mol. The summed E-state index contributed by atoms with van der Waals surface area (Å²) in [6.07, 6.45) is 11.4. The van der Waals surface area contributed by atoms with Crippen molar-refractivity contribution in [3.63, 3.8) is 0 Å². The van der Waals surface area contributed by atoms with E-state index in [0.29, 0.717) is 5.22 Å². The van der Waals surface area contributed by atoms with Gasteiger partial charge in [0.25, 0.3) is 0 Å². The second kappa shape index (κ2) is 7.70. The molecule has 26 heavy (non-hydrogen) atoms. The summed E-state index contributed by atoms with van der Waals surface area (Å²) < 4.78 is 2.04. The summed E-state index contributed by atoms with van der Waals surface area (Å²) in [5, 5.41) is 11.6. The highest BCUT2D eigenvalue weighted by Gasteiger charge is 2.03. The van der Waals surface area contributed by atoms with Crippen molar-refractivity contribution in [1.29, 1.82) is 0 Å². The molecule has 0 aliphatic heterocycles. The van der Waals surface area contributed by atoms with E-state index in [9.17, 15) is 9.90 Å². The first-order valence-corrected chi connectivity index (χ1v) is 8.50. The van der Waals surface area contributed by atoms with Crippen molar-refractivity contribution in [1.82, 2.24) is 4.57 Å². The van der Waals surface area contributed by atoms with Crippen molar-refractivity contribution in [2.24, 2.45) is 7.05 Å². The van der Waals surface area contributed by atoms with Crippen LogP contribution in [0.3, 0.4) is 0 Å². The summed E-state index contributed by atoms with van der Waals surface area (Å²) in [6.45, 7) is 1.94.